The molecule has 6 atom stereocenters. The van der Waals surface area contributed by atoms with Gasteiger partial charge in [0, 0.05) is 12.1 Å². The van der Waals surface area contributed by atoms with Crippen LogP contribution in [0, 0.1) is 17.3 Å². The molecule has 36 heavy (non-hydrogen) atoms. The van der Waals surface area contributed by atoms with Crippen LogP contribution in [-0.4, -0.2) is 81.3 Å². The first-order valence-corrected chi connectivity index (χ1v) is 13.4. The van der Waals surface area contributed by atoms with Crippen LogP contribution < -0.4 is 0 Å². The van der Waals surface area contributed by atoms with E-state index in [2.05, 4.69) is 27.4 Å². The number of hydrogen-bond donors (Lipinski definition) is 1. The van der Waals surface area contributed by atoms with E-state index < -0.39 is 46.6 Å². The van der Waals surface area contributed by atoms with Gasteiger partial charge in [-0.3, -0.25) is 14.4 Å². The molecule has 8 heteroatoms. The van der Waals surface area contributed by atoms with Gasteiger partial charge in [0.15, 0.2) is 0 Å². The van der Waals surface area contributed by atoms with E-state index in [1.54, 1.807) is 17.9 Å². The fourth-order valence-electron chi connectivity index (χ4n) is 7.35. The number of ether oxygens (including phenoxy) is 2. The Balaban J connectivity index is 2.15. The number of aliphatic hydroxyl groups is 1. The van der Waals surface area contributed by atoms with Crippen molar-refractivity contribution in [1.29, 1.82) is 0 Å². The van der Waals surface area contributed by atoms with Crippen molar-refractivity contribution in [1.82, 2.24) is 9.80 Å². The van der Waals surface area contributed by atoms with Crippen LogP contribution in [0.15, 0.2) is 12.7 Å². The molecule has 0 radical (unpaired) electrons. The molecule has 0 saturated carbocycles. The molecule has 2 unspecified atom stereocenters. The maximum Gasteiger partial charge on any atom is 0.312 e. The van der Waals surface area contributed by atoms with Gasteiger partial charge in [0.1, 0.15) is 17.6 Å². The van der Waals surface area contributed by atoms with Crippen LogP contribution in [0.1, 0.15) is 81.1 Å². The number of fused-ring (bicyclic) bond motifs is 1. The summed E-state index contributed by atoms with van der Waals surface area (Å²) in [6.45, 7) is 20.1. The fourth-order valence-corrected chi connectivity index (χ4v) is 7.35. The van der Waals surface area contributed by atoms with E-state index in [1.807, 2.05) is 27.7 Å². The van der Waals surface area contributed by atoms with Gasteiger partial charge < -0.3 is 24.4 Å². The molecule has 0 aromatic rings. The first-order valence-electron chi connectivity index (χ1n) is 13.4. The Morgan fingerprint density at radius 2 is 1.92 bits per heavy atom. The zero-order valence-electron chi connectivity index (χ0n) is 23.4. The normalized spacial score (nSPS) is 32.4. The molecular formula is C28H46N2O6. The lowest BCUT2D eigenvalue weighted by atomic mass is 9.66. The van der Waals surface area contributed by atoms with Crippen LogP contribution in [0.25, 0.3) is 0 Å². The number of hydrogen-bond acceptors (Lipinski definition) is 6. The first-order chi connectivity index (χ1) is 16.6. The molecule has 0 aromatic heterocycles. The van der Waals surface area contributed by atoms with Gasteiger partial charge in [-0.25, -0.2) is 0 Å². The number of likely N-dealkylation sites (tertiary alicyclic amines) is 1. The van der Waals surface area contributed by atoms with Gasteiger partial charge >= 0.3 is 5.97 Å². The van der Waals surface area contributed by atoms with Gasteiger partial charge in [-0.05, 0) is 58.8 Å². The highest BCUT2D eigenvalue weighted by atomic mass is 16.6. The highest BCUT2D eigenvalue weighted by Gasteiger charge is 2.79. The van der Waals surface area contributed by atoms with Crippen molar-refractivity contribution in [3.63, 3.8) is 0 Å². The molecule has 0 aliphatic carbocycles. The molecular weight excluding hydrogens is 460 g/mol. The van der Waals surface area contributed by atoms with Crippen LogP contribution in [0.3, 0.4) is 0 Å². The molecule has 1 N–H and O–H groups in total. The highest BCUT2D eigenvalue weighted by Crippen LogP contribution is 2.64. The van der Waals surface area contributed by atoms with Crippen molar-refractivity contribution in [2.45, 2.75) is 110 Å². The Labute approximate surface area is 216 Å². The smallest absolute Gasteiger partial charge is 0.312 e. The predicted molar refractivity (Wildman–Crippen MR) is 137 cm³/mol. The molecule has 3 fully saturated rings. The Bertz CT molecular complexity index is 891. The van der Waals surface area contributed by atoms with Gasteiger partial charge in [0.25, 0.3) is 0 Å². The maximum absolute atomic E-state index is 14.6. The number of nitrogens with zero attached hydrogens (tertiary/aromatic N) is 2. The maximum atomic E-state index is 14.6. The van der Waals surface area contributed by atoms with Crippen LogP contribution in [0.4, 0.5) is 0 Å². The number of carbonyl (C=O) groups excluding carboxylic acids is 3. The van der Waals surface area contributed by atoms with Gasteiger partial charge in [-0.15, -0.1) is 6.58 Å². The first kappa shape index (κ1) is 28.6. The summed E-state index contributed by atoms with van der Waals surface area (Å²) in [4.78, 5) is 45.2. The van der Waals surface area contributed by atoms with E-state index in [1.165, 1.54) is 4.90 Å². The molecule has 0 aromatic carbocycles. The average Bonchev–Trinajstić information content (AvgIpc) is 3.32. The molecule has 1 spiro atoms. The molecule has 2 bridgehead atoms. The third-order valence-electron chi connectivity index (χ3n) is 8.34. The van der Waals surface area contributed by atoms with E-state index >= 15 is 0 Å². The zero-order chi connectivity index (χ0) is 27.3. The van der Waals surface area contributed by atoms with Crippen molar-refractivity contribution in [2.75, 3.05) is 19.8 Å². The second-order valence-corrected chi connectivity index (χ2v) is 12.8. The van der Waals surface area contributed by atoms with Crippen molar-refractivity contribution in [3.05, 3.63) is 12.7 Å². The number of aliphatic hydroxyl groups excluding tert-OH is 1. The van der Waals surface area contributed by atoms with Crippen molar-refractivity contribution >= 4 is 17.8 Å². The molecule has 3 aliphatic rings. The summed E-state index contributed by atoms with van der Waals surface area (Å²) in [5.74, 6) is -2.59. The summed E-state index contributed by atoms with van der Waals surface area (Å²) in [6, 6.07) is -1.49. The summed E-state index contributed by atoms with van der Waals surface area (Å²) in [5.41, 5.74) is -2.59. The number of esters is 1. The topological polar surface area (TPSA) is 96.4 Å². The van der Waals surface area contributed by atoms with Crippen molar-refractivity contribution in [3.8, 4) is 0 Å². The summed E-state index contributed by atoms with van der Waals surface area (Å²) in [5, 5.41) is 10.2. The van der Waals surface area contributed by atoms with Crippen LogP contribution in [-0.2, 0) is 23.9 Å². The van der Waals surface area contributed by atoms with Crippen LogP contribution >= 0.6 is 0 Å². The van der Waals surface area contributed by atoms with E-state index in [-0.39, 0.29) is 30.4 Å². The third kappa shape index (κ3) is 4.49. The lowest BCUT2D eigenvalue weighted by molar-refractivity contribution is -0.163. The van der Waals surface area contributed by atoms with Crippen LogP contribution in [0.5, 0.6) is 0 Å². The van der Waals surface area contributed by atoms with E-state index in [4.69, 9.17) is 9.47 Å². The minimum Gasteiger partial charge on any atom is -0.466 e. The third-order valence-corrected chi connectivity index (χ3v) is 8.34. The largest absolute Gasteiger partial charge is 0.466 e. The number of amides is 2. The second kappa shape index (κ2) is 9.75. The fraction of sp³-hybridized carbons (Fsp3) is 0.821. The van der Waals surface area contributed by atoms with Gasteiger partial charge in [0.05, 0.1) is 30.8 Å². The molecule has 3 saturated heterocycles. The van der Waals surface area contributed by atoms with E-state index in [0.717, 1.165) is 6.42 Å². The van der Waals surface area contributed by atoms with Gasteiger partial charge in [-0.2, -0.15) is 0 Å². The number of carbonyl (C=O) groups is 3. The van der Waals surface area contributed by atoms with Crippen molar-refractivity contribution in [2.24, 2.45) is 17.3 Å². The summed E-state index contributed by atoms with van der Waals surface area (Å²) in [6.07, 6.45) is 3.96. The summed E-state index contributed by atoms with van der Waals surface area (Å²) in [7, 11) is 0. The second-order valence-electron chi connectivity index (χ2n) is 12.8. The lowest BCUT2D eigenvalue weighted by Crippen LogP contribution is -2.62. The zero-order valence-corrected chi connectivity index (χ0v) is 23.4. The monoisotopic (exact) mass is 506 g/mol. The van der Waals surface area contributed by atoms with Crippen LogP contribution in [0.2, 0.25) is 0 Å². The van der Waals surface area contributed by atoms with E-state index in [0.29, 0.717) is 25.8 Å². The Morgan fingerprint density at radius 3 is 2.42 bits per heavy atom. The number of rotatable bonds is 10. The average molecular weight is 507 g/mol. The predicted octanol–water partition coefficient (Wildman–Crippen LogP) is 3.31. The molecule has 8 nitrogen and oxygen atoms in total. The van der Waals surface area contributed by atoms with Gasteiger partial charge in [-0.1, -0.05) is 33.8 Å². The van der Waals surface area contributed by atoms with Gasteiger partial charge in [0.2, 0.25) is 11.8 Å². The minimum absolute atomic E-state index is 0.0446. The molecule has 3 heterocycles. The summed E-state index contributed by atoms with van der Waals surface area (Å²) >= 11 is 0. The molecule has 3 aliphatic heterocycles. The van der Waals surface area contributed by atoms with Crippen molar-refractivity contribution < 1.29 is 29.0 Å². The molecule has 3 rings (SSSR count). The highest BCUT2D eigenvalue weighted by molar-refractivity contribution is 5.99. The quantitative estimate of drug-likeness (QED) is 0.361. The summed E-state index contributed by atoms with van der Waals surface area (Å²) < 4.78 is 12.0. The molecule has 204 valence electrons. The standard InChI is InChI=1S/C28H46N2O6/c1-10-15-29(26(7,8)17-25(4,5)6)23(33)21-28-14-13-27(9,36-28)20(24(34)35-12-3)19(28)22(32)30(21)18(11-2)16-31/h10,18-21,31H,1,11-17H2,2-9H3/t18-,19-,20+,21?,27-,28?/m0/s1. The minimum atomic E-state index is -1.14. The Hall–Kier alpha value is -1.93. The molecule has 2 amide bonds. The SMILES string of the molecule is C=CCN(C(=O)C1N([C@@H](CC)CO)C(=O)[C@@H]2[C@H](C(=O)OCC)[C@]3(C)CCC12O3)C(C)(C)CC(C)(C)C. The Morgan fingerprint density at radius 1 is 1.28 bits per heavy atom. The lowest BCUT2D eigenvalue weighted by Gasteiger charge is -2.46. The Kier molecular flexibility index (Phi) is 7.75. The van der Waals surface area contributed by atoms with E-state index in [9.17, 15) is 19.5 Å².